The predicted octanol–water partition coefficient (Wildman–Crippen LogP) is 3.01. The largest absolute Gasteiger partial charge is 0.493 e. The van der Waals surface area contributed by atoms with Crippen LogP contribution in [0.2, 0.25) is 0 Å². The van der Waals surface area contributed by atoms with E-state index in [0.717, 1.165) is 5.76 Å². The molecule has 0 bridgehead atoms. The van der Waals surface area contributed by atoms with Crippen LogP contribution in [0.5, 0.6) is 11.5 Å². The molecule has 1 aromatic carbocycles. The summed E-state index contributed by atoms with van der Waals surface area (Å²) >= 11 is 0. The third-order valence-electron chi connectivity index (χ3n) is 5.05. The Balaban J connectivity index is 1.68. The molecule has 29 heavy (non-hydrogen) atoms. The first kappa shape index (κ1) is 20.4. The number of carbonyl (C=O) groups is 1. The fraction of sp³-hybridized carbons (Fsp3) is 0.381. The molecule has 154 valence electrons. The van der Waals surface area contributed by atoms with Crippen molar-refractivity contribution in [3.05, 3.63) is 53.0 Å². The standard InChI is InChI=1S/C21H25N3O5/c1-14(17-7-6-10-29-17)23(2)20(25)8-5-9-24-13-22-16-12-19(28-4)18(27-3)11-15(16)21(24)26/h6-7,10-14H,5,8-9H2,1-4H3. The van der Waals surface area contributed by atoms with Crippen LogP contribution in [0, 0.1) is 0 Å². The zero-order chi connectivity index (χ0) is 21.0. The van der Waals surface area contributed by atoms with E-state index in [1.165, 1.54) is 25.1 Å². The van der Waals surface area contributed by atoms with Gasteiger partial charge in [-0.25, -0.2) is 4.98 Å². The normalized spacial score (nSPS) is 12.0. The Hall–Kier alpha value is -3.29. The first-order chi connectivity index (χ1) is 14.0. The Labute approximate surface area is 168 Å². The second-order valence-electron chi connectivity index (χ2n) is 6.77. The average Bonchev–Trinajstić information content (AvgIpc) is 3.28. The second kappa shape index (κ2) is 8.81. The number of rotatable bonds is 8. The lowest BCUT2D eigenvalue weighted by Crippen LogP contribution is -2.29. The van der Waals surface area contributed by atoms with Crippen molar-refractivity contribution in [2.75, 3.05) is 21.3 Å². The van der Waals surface area contributed by atoms with E-state index in [4.69, 9.17) is 13.9 Å². The summed E-state index contributed by atoms with van der Waals surface area (Å²) in [5.41, 5.74) is 0.354. The molecule has 0 aliphatic carbocycles. The van der Waals surface area contributed by atoms with Gasteiger partial charge in [-0.1, -0.05) is 0 Å². The lowest BCUT2D eigenvalue weighted by Gasteiger charge is -2.23. The summed E-state index contributed by atoms with van der Waals surface area (Å²) in [6.45, 7) is 2.31. The molecule has 1 unspecified atom stereocenters. The van der Waals surface area contributed by atoms with Gasteiger partial charge in [0, 0.05) is 26.1 Å². The number of fused-ring (bicyclic) bond motifs is 1. The third kappa shape index (κ3) is 4.26. The third-order valence-corrected chi connectivity index (χ3v) is 5.05. The predicted molar refractivity (Wildman–Crippen MR) is 108 cm³/mol. The number of aryl methyl sites for hydroxylation is 1. The molecule has 0 aliphatic rings. The fourth-order valence-corrected chi connectivity index (χ4v) is 3.16. The molecule has 3 aromatic rings. The van der Waals surface area contributed by atoms with Gasteiger partial charge in [0.15, 0.2) is 11.5 Å². The van der Waals surface area contributed by atoms with Crippen LogP contribution in [0.3, 0.4) is 0 Å². The maximum atomic E-state index is 12.8. The van der Waals surface area contributed by atoms with E-state index in [1.54, 1.807) is 36.4 Å². The van der Waals surface area contributed by atoms with Crippen LogP contribution >= 0.6 is 0 Å². The van der Waals surface area contributed by atoms with Crippen LogP contribution in [-0.4, -0.2) is 41.6 Å². The molecular formula is C21H25N3O5. The SMILES string of the molecule is COc1cc2ncn(CCCC(=O)N(C)C(C)c3ccco3)c(=O)c2cc1OC. The topological polar surface area (TPSA) is 86.8 Å². The molecule has 1 amide bonds. The number of hydrogen-bond acceptors (Lipinski definition) is 6. The molecule has 1 atom stereocenters. The first-order valence-electron chi connectivity index (χ1n) is 9.36. The zero-order valence-corrected chi connectivity index (χ0v) is 17.0. The number of carbonyl (C=O) groups excluding carboxylic acids is 1. The van der Waals surface area contributed by atoms with Gasteiger partial charge in [-0.15, -0.1) is 0 Å². The Kier molecular flexibility index (Phi) is 6.21. The highest BCUT2D eigenvalue weighted by Crippen LogP contribution is 2.29. The summed E-state index contributed by atoms with van der Waals surface area (Å²) in [6.07, 6.45) is 3.93. The van der Waals surface area contributed by atoms with Crippen LogP contribution in [0.25, 0.3) is 10.9 Å². The Morgan fingerprint density at radius 2 is 2.00 bits per heavy atom. The quantitative estimate of drug-likeness (QED) is 0.579. The monoisotopic (exact) mass is 399 g/mol. The van der Waals surface area contributed by atoms with E-state index in [9.17, 15) is 9.59 Å². The minimum Gasteiger partial charge on any atom is -0.493 e. The van der Waals surface area contributed by atoms with Crippen molar-refractivity contribution in [1.29, 1.82) is 0 Å². The van der Waals surface area contributed by atoms with Gasteiger partial charge in [0.25, 0.3) is 5.56 Å². The summed E-state index contributed by atoms with van der Waals surface area (Å²) < 4.78 is 17.4. The van der Waals surface area contributed by atoms with Gasteiger partial charge in [-0.3, -0.25) is 14.2 Å². The van der Waals surface area contributed by atoms with Crippen molar-refractivity contribution in [1.82, 2.24) is 14.5 Å². The minimum absolute atomic E-state index is 0.0119. The van der Waals surface area contributed by atoms with Crippen molar-refractivity contribution in [3.8, 4) is 11.5 Å². The van der Waals surface area contributed by atoms with Crippen LogP contribution in [0.1, 0.15) is 31.6 Å². The number of nitrogens with zero attached hydrogens (tertiary/aromatic N) is 3. The number of hydrogen-bond donors (Lipinski definition) is 0. The van der Waals surface area contributed by atoms with E-state index in [0.29, 0.717) is 41.8 Å². The Morgan fingerprint density at radius 1 is 1.28 bits per heavy atom. The molecule has 0 saturated carbocycles. The summed E-state index contributed by atoms with van der Waals surface area (Å²) in [4.78, 5) is 31.3. The molecule has 0 saturated heterocycles. The van der Waals surface area contributed by atoms with Gasteiger partial charge >= 0.3 is 0 Å². The highest BCUT2D eigenvalue weighted by atomic mass is 16.5. The molecule has 3 rings (SSSR count). The molecule has 0 N–H and O–H groups in total. The first-order valence-corrected chi connectivity index (χ1v) is 9.36. The van der Waals surface area contributed by atoms with E-state index < -0.39 is 0 Å². The van der Waals surface area contributed by atoms with Crippen molar-refractivity contribution in [2.24, 2.45) is 0 Å². The van der Waals surface area contributed by atoms with Gasteiger partial charge in [-0.2, -0.15) is 0 Å². The molecule has 2 aromatic heterocycles. The smallest absolute Gasteiger partial charge is 0.261 e. The Morgan fingerprint density at radius 3 is 2.66 bits per heavy atom. The number of ether oxygens (including phenoxy) is 2. The lowest BCUT2D eigenvalue weighted by molar-refractivity contribution is -0.132. The van der Waals surface area contributed by atoms with Crippen LogP contribution in [-0.2, 0) is 11.3 Å². The second-order valence-corrected chi connectivity index (χ2v) is 6.77. The van der Waals surface area contributed by atoms with E-state index in [2.05, 4.69) is 4.98 Å². The zero-order valence-electron chi connectivity index (χ0n) is 17.0. The number of benzene rings is 1. The average molecular weight is 399 g/mol. The maximum Gasteiger partial charge on any atom is 0.261 e. The van der Waals surface area contributed by atoms with Gasteiger partial charge in [0.2, 0.25) is 5.91 Å². The van der Waals surface area contributed by atoms with Gasteiger partial charge in [0.05, 0.1) is 43.8 Å². The fourth-order valence-electron chi connectivity index (χ4n) is 3.16. The minimum atomic E-state index is -0.180. The van der Waals surface area contributed by atoms with Crippen molar-refractivity contribution in [3.63, 3.8) is 0 Å². The van der Waals surface area contributed by atoms with E-state index in [-0.39, 0.29) is 17.5 Å². The number of furan rings is 1. The van der Waals surface area contributed by atoms with Gasteiger partial charge < -0.3 is 18.8 Å². The molecule has 0 spiro atoms. The van der Waals surface area contributed by atoms with Crippen molar-refractivity contribution < 1.29 is 18.7 Å². The lowest BCUT2D eigenvalue weighted by atomic mass is 10.2. The molecule has 0 radical (unpaired) electrons. The van der Waals surface area contributed by atoms with Crippen LogP contribution in [0.4, 0.5) is 0 Å². The van der Waals surface area contributed by atoms with Crippen molar-refractivity contribution in [2.45, 2.75) is 32.4 Å². The maximum absolute atomic E-state index is 12.8. The van der Waals surface area contributed by atoms with Gasteiger partial charge in [0.1, 0.15) is 5.76 Å². The van der Waals surface area contributed by atoms with E-state index in [1.807, 2.05) is 13.0 Å². The Bertz CT molecular complexity index is 1040. The summed E-state index contributed by atoms with van der Waals surface area (Å²) in [5.74, 6) is 1.71. The number of amides is 1. The van der Waals surface area contributed by atoms with Crippen LogP contribution < -0.4 is 15.0 Å². The molecular weight excluding hydrogens is 374 g/mol. The highest BCUT2D eigenvalue weighted by Gasteiger charge is 2.19. The summed E-state index contributed by atoms with van der Waals surface area (Å²) in [5, 5.41) is 0.444. The number of aromatic nitrogens is 2. The summed E-state index contributed by atoms with van der Waals surface area (Å²) in [7, 11) is 4.80. The molecule has 2 heterocycles. The highest BCUT2D eigenvalue weighted by molar-refractivity contribution is 5.81. The van der Waals surface area contributed by atoms with Crippen molar-refractivity contribution >= 4 is 16.8 Å². The summed E-state index contributed by atoms with van der Waals surface area (Å²) in [6, 6.07) is 6.80. The van der Waals surface area contributed by atoms with E-state index >= 15 is 0 Å². The molecule has 8 nitrogen and oxygen atoms in total. The van der Waals surface area contributed by atoms with Crippen LogP contribution in [0.15, 0.2) is 46.1 Å². The molecule has 0 aliphatic heterocycles. The number of methoxy groups -OCH3 is 2. The molecule has 8 heteroatoms. The molecule has 0 fully saturated rings. The van der Waals surface area contributed by atoms with Gasteiger partial charge in [-0.05, 0) is 31.5 Å².